The van der Waals surface area contributed by atoms with Gasteiger partial charge in [-0.2, -0.15) is 0 Å². The number of ether oxygens (including phenoxy) is 1. The van der Waals surface area contributed by atoms with Gasteiger partial charge in [0.15, 0.2) is 5.12 Å². The Kier molecular flexibility index (Phi) is 8.20. The van der Waals surface area contributed by atoms with Crippen LogP contribution in [0.15, 0.2) is 30.3 Å². The summed E-state index contributed by atoms with van der Waals surface area (Å²) >= 11 is 1.18. The number of benzene rings is 1. The molecule has 0 aliphatic rings. The van der Waals surface area contributed by atoms with Crippen molar-refractivity contribution in [1.82, 2.24) is 0 Å². The molecule has 1 rings (SSSR count). The quantitative estimate of drug-likeness (QED) is 0.744. The molecule has 122 valence electrons. The van der Waals surface area contributed by atoms with Gasteiger partial charge in [0, 0.05) is 6.42 Å². The van der Waals surface area contributed by atoms with E-state index >= 15 is 0 Å². The minimum Gasteiger partial charge on any atom is -0.466 e. The summed E-state index contributed by atoms with van der Waals surface area (Å²) in [6.45, 7) is 5.76. The van der Waals surface area contributed by atoms with Crippen LogP contribution in [0.5, 0.6) is 0 Å². The highest BCUT2D eigenvalue weighted by Crippen LogP contribution is 2.34. The topological polar surface area (TPSA) is 63.6 Å². The Hall–Kier alpha value is -1.33. The van der Waals surface area contributed by atoms with Crippen LogP contribution in [-0.4, -0.2) is 28.6 Å². The maximum absolute atomic E-state index is 12.4. The van der Waals surface area contributed by atoms with E-state index in [1.165, 1.54) is 11.8 Å². The second-order valence-corrected chi connectivity index (χ2v) is 6.39. The van der Waals surface area contributed by atoms with E-state index in [4.69, 9.17) is 4.74 Å². The standard InChI is InChI=1S/C17H24O4S/c1-4-21-14(18)11-12(3)15(17(20)22-5-2)16(19)13-9-7-6-8-10-13/h6-10,12,15-16,19H,4-5,11H2,1-3H3/t12-,15+,16-/m1/s1. The van der Waals surface area contributed by atoms with Crippen molar-refractivity contribution in [3.05, 3.63) is 35.9 Å². The fraction of sp³-hybridized carbons (Fsp3) is 0.529. The lowest BCUT2D eigenvalue weighted by Gasteiger charge is -2.27. The molecule has 3 atom stereocenters. The molecule has 0 radical (unpaired) electrons. The zero-order valence-electron chi connectivity index (χ0n) is 13.3. The van der Waals surface area contributed by atoms with Crippen molar-refractivity contribution in [1.29, 1.82) is 0 Å². The third-order valence-electron chi connectivity index (χ3n) is 3.45. The molecule has 0 aliphatic carbocycles. The zero-order valence-corrected chi connectivity index (χ0v) is 14.1. The SMILES string of the molecule is CCOC(=O)C[C@@H](C)[C@H](C(=O)SCC)[C@H](O)c1ccccc1. The van der Waals surface area contributed by atoms with Crippen LogP contribution < -0.4 is 0 Å². The van der Waals surface area contributed by atoms with Crippen molar-refractivity contribution in [2.75, 3.05) is 12.4 Å². The summed E-state index contributed by atoms with van der Waals surface area (Å²) < 4.78 is 4.95. The van der Waals surface area contributed by atoms with Crippen molar-refractivity contribution in [2.45, 2.75) is 33.3 Å². The largest absolute Gasteiger partial charge is 0.466 e. The first-order valence-corrected chi connectivity index (χ1v) is 8.55. The number of hydrogen-bond acceptors (Lipinski definition) is 5. The zero-order chi connectivity index (χ0) is 16.5. The Morgan fingerprint density at radius 3 is 2.41 bits per heavy atom. The van der Waals surface area contributed by atoms with Crippen LogP contribution in [0.1, 0.15) is 38.9 Å². The summed E-state index contributed by atoms with van der Waals surface area (Å²) in [5.41, 5.74) is 0.688. The van der Waals surface area contributed by atoms with E-state index in [-0.39, 0.29) is 23.4 Å². The molecular weight excluding hydrogens is 300 g/mol. The molecule has 22 heavy (non-hydrogen) atoms. The molecule has 4 nitrogen and oxygen atoms in total. The molecule has 0 heterocycles. The van der Waals surface area contributed by atoms with Gasteiger partial charge in [-0.05, 0) is 24.2 Å². The first-order chi connectivity index (χ1) is 10.5. The fourth-order valence-electron chi connectivity index (χ4n) is 2.38. The Labute approximate surface area is 136 Å². The second-order valence-electron chi connectivity index (χ2n) is 5.12. The van der Waals surface area contributed by atoms with E-state index in [1.54, 1.807) is 19.1 Å². The van der Waals surface area contributed by atoms with Crippen LogP contribution in [0.2, 0.25) is 0 Å². The lowest BCUT2D eigenvalue weighted by molar-refractivity contribution is -0.145. The third-order valence-corrected chi connectivity index (χ3v) is 4.29. The van der Waals surface area contributed by atoms with Crippen molar-refractivity contribution in [3.8, 4) is 0 Å². The number of esters is 1. The second kappa shape index (κ2) is 9.64. The maximum atomic E-state index is 12.4. The van der Waals surface area contributed by atoms with Gasteiger partial charge in [0.05, 0.1) is 18.6 Å². The maximum Gasteiger partial charge on any atom is 0.306 e. The van der Waals surface area contributed by atoms with Crippen LogP contribution in [0.25, 0.3) is 0 Å². The molecule has 0 aromatic heterocycles. The Bertz CT molecular complexity index is 475. The highest BCUT2D eigenvalue weighted by molar-refractivity contribution is 8.13. The molecule has 0 bridgehead atoms. The predicted octanol–water partition coefficient (Wildman–Crippen LogP) is 3.21. The minimum absolute atomic E-state index is 0.0874. The molecule has 0 fully saturated rings. The first-order valence-electron chi connectivity index (χ1n) is 7.56. The molecule has 0 saturated carbocycles. The smallest absolute Gasteiger partial charge is 0.306 e. The number of thioether (sulfide) groups is 1. The first kappa shape index (κ1) is 18.7. The minimum atomic E-state index is -0.919. The van der Waals surface area contributed by atoms with E-state index in [2.05, 4.69) is 0 Å². The lowest BCUT2D eigenvalue weighted by atomic mass is 9.84. The highest BCUT2D eigenvalue weighted by Gasteiger charge is 2.34. The van der Waals surface area contributed by atoms with E-state index in [1.807, 2.05) is 32.0 Å². The van der Waals surface area contributed by atoms with Crippen molar-refractivity contribution >= 4 is 22.8 Å². The average Bonchev–Trinajstić information content (AvgIpc) is 2.48. The molecule has 1 aromatic rings. The number of carbonyl (C=O) groups is 2. The van der Waals surface area contributed by atoms with Gasteiger partial charge in [-0.3, -0.25) is 9.59 Å². The lowest BCUT2D eigenvalue weighted by Crippen LogP contribution is -2.29. The molecule has 0 saturated heterocycles. The predicted molar refractivity (Wildman–Crippen MR) is 88.4 cm³/mol. The van der Waals surface area contributed by atoms with Gasteiger partial charge in [-0.15, -0.1) is 0 Å². The van der Waals surface area contributed by atoms with Gasteiger partial charge < -0.3 is 9.84 Å². The molecular formula is C17H24O4S. The highest BCUT2D eigenvalue weighted by atomic mass is 32.2. The van der Waals surface area contributed by atoms with E-state index < -0.39 is 12.0 Å². The summed E-state index contributed by atoms with van der Waals surface area (Å²) in [5.74, 6) is -0.615. The Morgan fingerprint density at radius 2 is 1.86 bits per heavy atom. The molecule has 0 aliphatic heterocycles. The monoisotopic (exact) mass is 324 g/mol. The number of aliphatic hydroxyl groups excluding tert-OH is 1. The summed E-state index contributed by atoms with van der Waals surface area (Å²) in [4.78, 5) is 24.1. The Balaban J connectivity index is 2.92. The molecule has 0 spiro atoms. The van der Waals surface area contributed by atoms with E-state index in [0.717, 1.165) is 0 Å². The van der Waals surface area contributed by atoms with Gasteiger partial charge in [0.1, 0.15) is 0 Å². The van der Waals surface area contributed by atoms with Crippen molar-refractivity contribution < 1.29 is 19.4 Å². The average molecular weight is 324 g/mol. The van der Waals surface area contributed by atoms with Crippen LogP contribution in [0.3, 0.4) is 0 Å². The van der Waals surface area contributed by atoms with E-state index in [9.17, 15) is 14.7 Å². The molecule has 0 amide bonds. The van der Waals surface area contributed by atoms with Crippen LogP contribution in [0, 0.1) is 11.8 Å². The Morgan fingerprint density at radius 1 is 1.23 bits per heavy atom. The third kappa shape index (κ3) is 5.46. The molecule has 5 heteroatoms. The van der Waals surface area contributed by atoms with Crippen LogP contribution in [-0.2, 0) is 14.3 Å². The van der Waals surface area contributed by atoms with Crippen molar-refractivity contribution in [2.24, 2.45) is 11.8 Å². The normalized spacial score (nSPS) is 14.9. The van der Waals surface area contributed by atoms with Gasteiger partial charge >= 0.3 is 5.97 Å². The summed E-state index contributed by atoms with van der Waals surface area (Å²) in [6, 6.07) is 9.08. The van der Waals surface area contributed by atoms with Crippen LogP contribution in [0.4, 0.5) is 0 Å². The van der Waals surface area contributed by atoms with Gasteiger partial charge in [0.2, 0.25) is 0 Å². The summed E-state index contributed by atoms with van der Waals surface area (Å²) in [7, 11) is 0. The van der Waals surface area contributed by atoms with Crippen LogP contribution >= 0.6 is 11.8 Å². The fourth-order valence-corrected chi connectivity index (χ4v) is 3.22. The number of carbonyl (C=O) groups excluding carboxylic acids is 2. The summed E-state index contributed by atoms with van der Waals surface area (Å²) in [5, 5.41) is 10.5. The molecule has 0 unspecified atom stereocenters. The summed E-state index contributed by atoms with van der Waals surface area (Å²) in [6.07, 6.45) is -0.796. The van der Waals surface area contributed by atoms with Gasteiger partial charge in [0.25, 0.3) is 0 Å². The molecule has 1 aromatic carbocycles. The number of hydrogen-bond donors (Lipinski definition) is 1. The molecule has 1 N–H and O–H groups in total. The van der Waals surface area contributed by atoms with Gasteiger partial charge in [-0.25, -0.2) is 0 Å². The van der Waals surface area contributed by atoms with Gasteiger partial charge in [-0.1, -0.05) is 55.9 Å². The number of aliphatic hydroxyl groups is 1. The van der Waals surface area contributed by atoms with E-state index in [0.29, 0.717) is 17.9 Å². The number of rotatable bonds is 8. The van der Waals surface area contributed by atoms with Crippen molar-refractivity contribution in [3.63, 3.8) is 0 Å².